The average molecular weight is 287 g/mol. The van der Waals surface area contributed by atoms with Crippen molar-refractivity contribution in [1.29, 1.82) is 0 Å². The Kier molecular flexibility index (Phi) is 3.84. The van der Waals surface area contributed by atoms with Crippen molar-refractivity contribution in [3.8, 4) is 0 Å². The molecular formula is C10H11F2N5OS. The van der Waals surface area contributed by atoms with E-state index in [9.17, 15) is 13.6 Å². The molecule has 0 saturated carbocycles. The molecule has 2 heterocycles. The van der Waals surface area contributed by atoms with Crippen molar-refractivity contribution in [2.75, 3.05) is 12.4 Å². The van der Waals surface area contributed by atoms with Crippen LogP contribution < -0.4 is 11.0 Å². The third kappa shape index (κ3) is 2.60. The molecule has 0 aromatic carbocycles. The Bertz CT molecular complexity index is 654. The standard InChI is InChI=1S/C10H11F2N5OS/c1-3-17-9(18)15-16-10(17)19-8-6(12)4-5(11)7(13-2)14-8/h4H,3H2,1-2H3,(H,13,14)(H,15,18). The topological polar surface area (TPSA) is 75.6 Å². The molecule has 0 aliphatic carbocycles. The van der Waals surface area contributed by atoms with Crippen molar-refractivity contribution < 1.29 is 8.78 Å². The number of hydrogen-bond acceptors (Lipinski definition) is 5. The summed E-state index contributed by atoms with van der Waals surface area (Å²) in [5.41, 5.74) is -0.388. The summed E-state index contributed by atoms with van der Waals surface area (Å²) in [5, 5.41) is 8.77. The Morgan fingerprint density at radius 2 is 2.21 bits per heavy atom. The summed E-state index contributed by atoms with van der Waals surface area (Å²) in [6.45, 7) is 2.15. The SMILES string of the molecule is CCn1c(Sc2nc(NC)c(F)cc2F)n[nH]c1=O. The molecule has 2 aromatic heterocycles. The summed E-state index contributed by atoms with van der Waals surface area (Å²) in [5.74, 6) is -1.65. The van der Waals surface area contributed by atoms with E-state index in [2.05, 4.69) is 20.5 Å². The Labute approximate surface area is 111 Å². The highest BCUT2D eigenvalue weighted by atomic mass is 32.2. The van der Waals surface area contributed by atoms with E-state index in [0.717, 1.165) is 17.8 Å². The first kappa shape index (κ1) is 13.5. The van der Waals surface area contributed by atoms with Crippen molar-refractivity contribution in [2.24, 2.45) is 0 Å². The fourth-order valence-electron chi connectivity index (χ4n) is 1.44. The number of H-pyrrole nitrogens is 1. The molecule has 9 heteroatoms. The number of pyridine rings is 1. The van der Waals surface area contributed by atoms with Crippen molar-refractivity contribution >= 4 is 17.6 Å². The first-order chi connectivity index (χ1) is 9.06. The highest BCUT2D eigenvalue weighted by Gasteiger charge is 2.16. The Balaban J connectivity index is 2.40. The van der Waals surface area contributed by atoms with Crippen molar-refractivity contribution in [3.63, 3.8) is 0 Å². The second kappa shape index (κ2) is 5.39. The molecule has 0 radical (unpaired) electrons. The van der Waals surface area contributed by atoms with Crippen LogP contribution in [0.1, 0.15) is 6.92 Å². The molecule has 0 atom stereocenters. The van der Waals surface area contributed by atoms with E-state index in [1.807, 2.05) is 0 Å². The average Bonchev–Trinajstić information content (AvgIpc) is 2.73. The number of halogens is 2. The maximum atomic E-state index is 13.6. The second-order valence-corrected chi connectivity index (χ2v) is 4.47. The number of aromatic nitrogens is 4. The van der Waals surface area contributed by atoms with Gasteiger partial charge in [-0.15, -0.1) is 5.10 Å². The lowest BCUT2D eigenvalue weighted by molar-refractivity contribution is 0.550. The maximum Gasteiger partial charge on any atom is 0.343 e. The summed E-state index contributed by atoms with van der Waals surface area (Å²) in [6, 6.07) is 0.738. The molecule has 2 N–H and O–H groups in total. The molecule has 102 valence electrons. The highest BCUT2D eigenvalue weighted by Crippen LogP contribution is 2.28. The molecule has 6 nitrogen and oxygen atoms in total. The minimum absolute atomic E-state index is 0.0561. The minimum Gasteiger partial charge on any atom is -0.371 e. The van der Waals surface area contributed by atoms with Crippen LogP contribution in [0.4, 0.5) is 14.6 Å². The van der Waals surface area contributed by atoms with Crippen LogP contribution in [-0.2, 0) is 6.54 Å². The lowest BCUT2D eigenvalue weighted by Gasteiger charge is -2.06. The molecule has 0 saturated heterocycles. The first-order valence-corrected chi connectivity index (χ1v) is 6.25. The van der Waals surface area contributed by atoms with Crippen molar-refractivity contribution in [1.82, 2.24) is 19.7 Å². The number of hydrogen-bond donors (Lipinski definition) is 2. The lowest BCUT2D eigenvalue weighted by atomic mass is 10.4. The summed E-state index contributed by atoms with van der Waals surface area (Å²) < 4.78 is 28.2. The minimum atomic E-state index is -0.806. The Morgan fingerprint density at radius 3 is 2.84 bits per heavy atom. The van der Waals surface area contributed by atoms with Crippen LogP contribution in [0, 0.1) is 11.6 Å². The predicted molar refractivity (Wildman–Crippen MR) is 66.3 cm³/mol. The normalized spacial score (nSPS) is 10.7. The zero-order valence-corrected chi connectivity index (χ0v) is 11.0. The van der Waals surface area contributed by atoms with E-state index in [0.29, 0.717) is 6.54 Å². The monoisotopic (exact) mass is 287 g/mol. The molecule has 19 heavy (non-hydrogen) atoms. The fraction of sp³-hybridized carbons (Fsp3) is 0.300. The molecule has 0 amide bonds. The molecule has 0 fully saturated rings. The van der Waals surface area contributed by atoms with E-state index in [1.165, 1.54) is 11.6 Å². The van der Waals surface area contributed by atoms with Gasteiger partial charge in [0.25, 0.3) is 0 Å². The van der Waals surface area contributed by atoms with E-state index in [-0.39, 0.29) is 21.7 Å². The lowest BCUT2D eigenvalue weighted by Crippen LogP contribution is -2.16. The zero-order chi connectivity index (χ0) is 14.0. The Morgan fingerprint density at radius 1 is 1.47 bits per heavy atom. The van der Waals surface area contributed by atoms with Gasteiger partial charge >= 0.3 is 5.69 Å². The van der Waals surface area contributed by atoms with Crippen LogP contribution in [0.2, 0.25) is 0 Å². The largest absolute Gasteiger partial charge is 0.371 e. The third-order valence-electron chi connectivity index (χ3n) is 2.36. The molecule has 0 bridgehead atoms. The summed E-state index contributed by atoms with van der Waals surface area (Å²) >= 11 is 0.852. The van der Waals surface area contributed by atoms with Gasteiger partial charge < -0.3 is 5.32 Å². The molecular weight excluding hydrogens is 276 g/mol. The smallest absolute Gasteiger partial charge is 0.343 e. The van der Waals surface area contributed by atoms with Crippen molar-refractivity contribution in [2.45, 2.75) is 23.7 Å². The molecule has 0 unspecified atom stereocenters. The van der Waals surface area contributed by atoms with Gasteiger partial charge in [-0.05, 0) is 18.7 Å². The van der Waals surface area contributed by atoms with E-state index >= 15 is 0 Å². The number of rotatable bonds is 4. The summed E-state index contributed by atoms with van der Waals surface area (Å²) in [7, 11) is 1.48. The van der Waals surface area contributed by atoms with Crippen molar-refractivity contribution in [3.05, 3.63) is 28.2 Å². The van der Waals surface area contributed by atoms with Crippen LogP contribution >= 0.6 is 11.8 Å². The third-order valence-corrected chi connectivity index (χ3v) is 3.34. The van der Waals surface area contributed by atoms with Gasteiger partial charge in [0.05, 0.1) is 0 Å². The van der Waals surface area contributed by atoms with Crippen LogP contribution in [0.5, 0.6) is 0 Å². The molecule has 0 aliphatic heterocycles. The summed E-state index contributed by atoms with van der Waals surface area (Å²) in [4.78, 5) is 15.2. The van der Waals surface area contributed by atoms with Gasteiger partial charge in [-0.1, -0.05) is 0 Å². The highest BCUT2D eigenvalue weighted by molar-refractivity contribution is 7.99. The van der Waals surface area contributed by atoms with Crippen LogP contribution in [0.25, 0.3) is 0 Å². The number of aromatic amines is 1. The van der Waals surface area contributed by atoms with Crippen LogP contribution in [0.3, 0.4) is 0 Å². The van der Waals surface area contributed by atoms with E-state index in [1.54, 1.807) is 6.92 Å². The van der Waals surface area contributed by atoms with Gasteiger partial charge in [0.15, 0.2) is 22.6 Å². The van der Waals surface area contributed by atoms with Crippen LogP contribution in [0.15, 0.2) is 21.0 Å². The van der Waals surface area contributed by atoms with Gasteiger partial charge in [0, 0.05) is 19.7 Å². The number of nitrogens with zero attached hydrogens (tertiary/aromatic N) is 3. The van der Waals surface area contributed by atoms with Gasteiger partial charge in [0.2, 0.25) is 0 Å². The van der Waals surface area contributed by atoms with E-state index in [4.69, 9.17) is 0 Å². The van der Waals surface area contributed by atoms with E-state index < -0.39 is 11.6 Å². The fourth-order valence-corrected chi connectivity index (χ4v) is 2.32. The zero-order valence-electron chi connectivity index (χ0n) is 10.2. The molecule has 0 spiro atoms. The quantitative estimate of drug-likeness (QED) is 0.890. The second-order valence-electron chi connectivity index (χ2n) is 3.51. The molecule has 2 rings (SSSR count). The van der Waals surface area contributed by atoms with Gasteiger partial charge in [0.1, 0.15) is 5.03 Å². The predicted octanol–water partition coefficient (Wildman–Crippen LogP) is 1.46. The van der Waals surface area contributed by atoms with Crippen LogP contribution in [-0.4, -0.2) is 26.8 Å². The van der Waals surface area contributed by atoms with Gasteiger partial charge in [-0.25, -0.2) is 23.7 Å². The maximum absolute atomic E-state index is 13.6. The first-order valence-electron chi connectivity index (χ1n) is 5.43. The number of nitrogens with one attached hydrogen (secondary N) is 2. The number of anilines is 1. The Hall–Kier alpha value is -1.90. The molecule has 2 aromatic rings. The molecule has 0 aliphatic rings. The van der Waals surface area contributed by atoms with Gasteiger partial charge in [-0.3, -0.25) is 4.57 Å². The van der Waals surface area contributed by atoms with Gasteiger partial charge in [-0.2, -0.15) is 0 Å². The summed E-state index contributed by atoms with van der Waals surface area (Å²) in [6.07, 6.45) is 0.